The molecule has 3 rings (SSSR count). The largest absolute Gasteiger partial charge is 0.496 e. The van der Waals surface area contributed by atoms with Gasteiger partial charge in [0.25, 0.3) is 0 Å². The lowest BCUT2D eigenvalue weighted by atomic mass is 10.0. The molecule has 1 fully saturated rings. The molecule has 1 aliphatic heterocycles. The molecule has 29 heavy (non-hydrogen) atoms. The van der Waals surface area contributed by atoms with Crippen molar-refractivity contribution in [1.29, 1.82) is 0 Å². The molecule has 2 aromatic rings. The Balaban J connectivity index is 1.79. The van der Waals surface area contributed by atoms with E-state index in [0.29, 0.717) is 13.1 Å². The highest BCUT2D eigenvalue weighted by Crippen LogP contribution is 2.25. The zero-order valence-corrected chi connectivity index (χ0v) is 17.8. The average molecular weight is 418 g/mol. The van der Waals surface area contributed by atoms with Crippen molar-refractivity contribution in [2.24, 2.45) is 0 Å². The molecule has 1 N–H and O–H groups in total. The number of rotatable bonds is 6. The Morgan fingerprint density at radius 1 is 1.21 bits per heavy atom. The maximum atomic E-state index is 13.1. The molecular formula is C21H27N3O4S. The number of amides is 1. The predicted molar refractivity (Wildman–Crippen MR) is 112 cm³/mol. The molecule has 1 aliphatic rings. The number of nitrogens with one attached hydrogen (secondary N) is 1. The van der Waals surface area contributed by atoms with Crippen LogP contribution in [0.2, 0.25) is 0 Å². The highest BCUT2D eigenvalue weighted by atomic mass is 32.2. The zero-order valence-electron chi connectivity index (χ0n) is 17.0. The minimum atomic E-state index is -3.03. The number of nitrogens with zero attached hydrogens (tertiary/aromatic N) is 2. The van der Waals surface area contributed by atoms with Gasteiger partial charge in [-0.2, -0.15) is 0 Å². The topological polar surface area (TPSA) is 88.6 Å². The molecule has 0 saturated carbocycles. The molecule has 156 valence electrons. The molecular weight excluding hydrogens is 390 g/mol. The molecule has 1 atom stereocenters. The van der Waals surface area contributed by atoms with Crippen LogP contribution in [0.25, 0.3) is 0 Å². The van der Waals surface area contributed by atoms with Crippen molar-refractivity contribution in [3.63, 3.8) is 0 Å². The van der Waals surface area contributed by atoms with Gasteiger partial charge in [0.15, 0.2) is 9.84 Å². The number of carbonyl (C=O) groups excluding carboxylic acids is 1. The molecule has 8 heteroatoms. The summed E-state index contributed by atoms with van der Waals surface area (Å²) >= 11 is 0. The van der Waals surface area contributed by atoms with Crippen LogP contribution in [0, 0.1) is 13.8 Å². The van der Waals surface area contributed by atoms with Crippen molar-refractivity contribution in [1.82, 2.24) is 15.2 Å². The van der Waals surface area contributed by atoms with Gasteiger partial charge in [-0.3, -0.25) is 14.7 Å². The van der Waals surface area contributed by atoms with Crippen molar-refractivity contribution in [2.75, 3.05) is 31.7 Å². The second-order valence-corrected chi connectivity index (χ2v) is 9.57. The fraction of sp³-hybridized carbons (Fsp3) is 0.429. The second-order valence-electron chi connectivity index (χ2n) is 7.26. The summed E-state index contributed by atoms with van der Waals surface area (Å²) in [5, 5.41) is 2.98. The van der Waals surface area contributed by atoms with E-state index >= 15 is 0 Å². The highest BCUT2D eigenvalue weighted by molar-refractivity contribution is 7.91. The minimum Gasteiger partial charge on any atom is -0.496 e. The lowest BCUT2D eigenvalue weighted by Gasteiger charge is -2.33. The molecule has 0 bridgehead atoms. The van der Waals surface area contributed by atoms with Gasteiger partial charge in [-0.25, -0.2) is 8.42 Å². The van der Waals surface area contributed by atoms with Crippen molar-refractivity contribution < 1.29 is 17.9 Å². The van der Waals surface area contributed by atoms with Gasteiger partial charge in [0.2, 0.25) is 5.91 Å². The smallest absolute Gasteiger partial charge is 0.242 e. The second kappa shape index (κ2) is 8.92. The summed E-state index contributed by atoms with van der Waals surface area (Å²) in [6, 6.07) is 8.90. The lowest BCUT2D eigenvalue weighted by molar-refractivity contribution is -0.126. The Labute approximate surface area is 172 Å². The van der Waals surface area contributed by atoms with E-state index in [1.54, 1.807) is 13.3 Å². The normalized spacial score (nSPS) is 17.5. The fourth-order valence-electron chi connectivity index (χ4n) is 3.66. The van der Waals surface area contributed by atoms with Crippen molar-refractivity contribution >= 4 is 15.7 Å². The maximum Gasteiger partial charge on any atom is 0.242 e. The molecule has 2 heterocycles. The number of hydrogen-bond donors (Lipinski definition) is 1. The van der Waals surface area contributed by atoms with E-state index in [0.717, 1.165) is 28.1 Å². The van der Waals surface area contributed by atoms with Crippen LogP contribution < -0.4 is 10.1 Å². The van der Waals surface area contributed by atoms with E-state index in [4.69, 9.17) is 4.74 Å². The maximum absolute atomic E-state index is 13.1. The van der Waals surface area contributed by atoms with Gasteiger partial charge < -0.3 is 10.1 Å². The number of methoxy groups -OCH3 is 1. The number of hydrogen-bond acceptors (Lipinski definition) is 6. The Morgan fingerprint density at radius 3 is 2.48 bits per heavy atom. The van der Waals surface area contributed by atoms with Gasteiger partial charge in [-0.05, 0) is 19.4 Å². The van der Waals surface area contributed by atoms with E-state index in [9.17, 15) is 13.2 Å². The van der Waals surface area contributed by atoms with Crippen LogP contribution in [-0.4, -0.2) is 55.9 Å². The summed E-state index contributed by atoms with van der Waals surface area (Å²) < 4.78 is 29.1. The zero-order chi connectivity index (χ0) is 21.0. The van der Waals surface area contributed by atoms with Crippen molar-refractivity contribution in [3.05, 3.63) is 58.9 Å². The molecule has 1 amide bonds. The Morgan fingerprint density at radius 2 is 1.86 bits per heavy atom. The van der Waals surface area contributed by atoms with Crippen LogP contribution in [0.1, 0.15) is 28.4 Å². The first kappa shape index (κ1) is 21.3. The third kappa shape index (κ3) is 4.94. The number of carbonyl (C=O) groups is 1. The van der Waals surface area contributed by atoms with E-state index in [2.05, 4.69) is 10.3 Å². The minimum absolute atomic E-state index is 0.0689. The standard InChI is InChI=1S/C21H27N3O4S/c1-15-13-22-18(16(2)20(15)28-3)14-23-21(25)19(17-7-5-4-6-8-17)24-9-11-29(26,27)12-10-24/h4-8,13,19H,9-12,14H2,1-3H3,(H,23,25). The molecule has 0 spiro atoms. The SMILES string of the molecule is COc1c(C)cnc(CNC(=O)C(c2ccccc2)N2CCS(=O)(=O)CC2)c1C. The quantitative estimate of drug-likeness (QED) is 0.771. The predicted octanol–water partition coefficient (Wildman–Crippen LogP) is 1.79. The lowest BCUT2D eigenvalue weighted by Crippen LogP contribution is -2.47. The number of aryl methyl sites for hydroxylation is 1. The number of pyridine rings is 1. The number of aromatic nitrogens is 1. The Hall–Kier alpha value is -2.45. The summed E-state index contributed by atoms with van der Waals surface area (Å²) in [5.74, 6) is 0.736. The molecule has 1 aromatic heterocycles. The van der Waals surface area contributed by atoms with Gasteiger partial charge in [0, 0.05) is 30.4 Å². The summed E-state index contributed by atoms with van der Waals surface area (Å²) in [7, 11) is -1.41. The van der Waals surface area contributed by atoms with Crippen LogP contribution in [0.15, 0.2) is 36.5 Å². The van der Waals surface area contributed by atoms with E-state index in [1.165, 1.54) is 0 Å². The van der Waals surface area contributed by atoms with Crippen LogP contribution in [0.3, 0.4) is 0 Å². The molecule has 7 nitrogen and oxygen atoms in total. The molecule has 1 aromatic carbocycles. The average Bonchev–Trinajstić information content (AvgIpc) is 2.70. The van der Waals surface area contributed by atoms with Crippen LogP contribution in [0.4, 0.5) is 0 Å². The third-order valence-electron chi connectivity index (χ3n) is 5.29. The Kier molecular flexibility index (Phi) is 6.54. The number of ether oxygens (including phenoxy) is 1. The van der Waals surface area contributed by atoms with Gasteiger partial charge >= 0.3 is 0 Å². The van der Waals surface area contributed by atoms with Gasteiger partial charge in [0.05, 0.1) is 30.9 Å². The van der Waals surface area contributed by atoms with Gasteiger partial charge in [0.1, 0.15) is 11.8 Å². The van der Waals surface area contributed by atoms with Gasteiger partial charge in [-0.15, -0.1) is 0 Å². The first-order valence-corrected chi connectivity index (χ1v) is 11.4. The Bertz CT molecular complexity index is 963. The molecule has 1 unspecified atom stereocenters. The number of benzene rings is 1. The molecule has 1 saturated heterocycles. The monoisotopic (exact) mass is 417 g/mol. The molecule has 0 radical (unpaired) electrons. The van der Waals surface area contributed by atoms with Gasteiger partial charge in [-0.1, -0.05) is 30.3 Å². The van der Waals surface area contributed by atoms with E-state index in [1.807, 2.05) is 49.1 Å². The molecule has 0 aliphatic carbocycles. The van der Waals surface area contributed by atoms with E-state index < -0.39 is 15.9 Å². The van der Waals surface area contributed by atoms with E-state index in [-0.39, 0.29) is 24.0 Å². The first-order chi connectivity index (χ1) is 13.8. The summed E-state index contributed by atoms with van der Waals surface area (Å²) in [6.07, 6.45) is 1.73. The number of sulfone groups is 1. The summed E-state index contributed by atoms with van der Waals surface area (Å²) in [6.45, 7) is 4.80. The van der Waals surface area contributed by atoms with Crippen LogP contribution in [0.5, 0.6) is 5.75 Å². The summed E-state index contributed by atoms with van der Waals surface area (Å²) in [5.41, 5.74) is 3.43. The van der Waals surface area contributed by atoms with Crippen LogP contribution in [-0.2, 0) is 21.2 Å². The third-order valence-corrected chi connectivity index (χ3v) is 6.90. The van der Waals surface area contributed by atoms with Crippen molar-refractivity contribution in [2.45, 2.75) is 26.4 Å². The first-order valence-electron chi connectivity index (χ1n) is 9.58. The fourth-order valence-corrected chi connectivity index (χ4v) is 4.89. The highest BCUT2D eigenvalue weighted by Gasteiger charge is 2.32. The van der Waals surface area contributed by atoms with Crippen molar-refractivity contribution in [3.8, 4) is 5.75 Å². The summed E-state index contributed by atoms with van der Waals surface area (Å²) in [4.78, 5) is 19.5. The van der Waals surface area contributed by atoms with Crippen LogP contribution >= 0.6 is 0 Å².